The second-order valence-electron chi connectivity index (χ2n) is 3.47. The molecule has 50 valence electrons. The van der Waals surface area contributed by atoms with Crippen LogP contribution >= 0.6 is 0 Å². The maximum atomic E-state index is 3.16. The van der Waals surface area contributed by atoms with Crippen molar-refractivity contribution in [1.29, 1.82) is 0 Å². The Morgan fingerprint density at radius 1 is 1.56 bits per heavy atom. The van der Waals surface area contributed by atoms with Crippen LogP contribution < -0.4 is 0 Å². The van der Waals surface area contributed by atoms with Gasteiger partial charge in [0.15, 0.2) is 0 Å². The van der Waals surface area contributed by atoms with Gasteiger partial charge in [0.05, 0.1) is 0 Å². The van der Waals surface area contributed by atoms with Crippen molar-refractivity contribution in [3.05, 3.63) is 17.9 Å². The van der Waals surface area contributed by atoms with Crippen LogP contribution in [0.4, 0.5) is 0 Å². The van der Waals surface area contributed by atoms with Gasteiger partial charge in [0.25, 0.3) is 0 Å². The lowest BCUT2D eigenvalue weighted by molar-refractivity contribution is 0.304. The molecule has 0 aromatic heterocycles. The molecule has 1 rings (SSSR count). The van der Waals surface area contributed by atoms with Gasteiger partial charge < -0.3 is 0 Å². The van der Waals surface area contributed by atoms with E-state index in [0.717, 1.165) is 5.92 Å². The lowest BCUT2D eigenvalue weighted by Gasteiger charge is -2.28. The fourth-order valence-corrected chi connectivity index (χ4v) is 0.965. The van der Waals surface area contributed by atoms with E-state index in [1.807, 2.05) is 0 Å². The molecule has 1 atom stereocenters. The fraction of sp³-hybridized carbons (Fsp3) is 0.667. The van der Waals surface area contributed by atoms with Gasteiger partial charge in [-0.2, -0.15) is 0 Å². The van der Waals surface area contributed by atoms with Crippen LogP contribution in [0.3, 0.4) is 0 Å². The van der Waals surface area contributed by atoms with Crippen LogP contribution in [0.2, 0.25) is 0 Å². The molecule has 0 aromatic rings. The molecule has 0 spiro atoms. The van der Waals surface area contributed by atoms with Crippen LogP contribution in [-0.4, -0.2) is 0 Å². The molecule has 1 aliphatic carbocycles. The molecular weight excluding hydrogens is 108 g/mol. The second-order valence-corrected chi connectivity index (χ2v) is 3.47. The maximum absolute atomic E-state index is 3.16. The zero-order valence-electron chi connectivity index (χ0n) is 6.44. The highest BCUT2D eigenvalue weighted by atomic mass is 14.3. The number of rotatable bonds is 0. The summed E-state index contributed by atoms with van der Waals surface area (Å²) in [6.45, 7) is 6.81. The highest BCUT2D eigenvalue weighted by Gasteiger charge is 2.22. The van der Waals surface area contributed by atoms with Crippen molar-refractivity contribution in [1.82, 2.24) is 0 Å². The van der Waals surface area contributed by atoms with Gasteiger partial charge in [-0.3, -0.25) is 0 Å². The molecule has 0 heterocycles. The Morgan fingerprint density at radius 2 is 2.22 bits per heavy atom. The van der Waals surface area contributed by atoms with Crippen molar-refractivity contribution < 1.29 is 0 Å². The van der Waals surface area contributed by atoms with E-state index >= 15 is 0 Å². The maximum Gasteiger partial charge on any atom is -0.00704 e. The van der Waals surface area contributed by atoms with Gasteiger partial charge >= 0.3 is 0 Å². The summed E-state index contributed by atoms with van der Waals surface area (Å²) in [5, 5.41) is 0. The normalized spacial score (nSPS) is 30.8. The predicted octanol–water partition coefficient (Wildman–Crippen LogP) is 2.76. The van der Waals surface area contributed by atoms with E-state index in [-0.39, 0.29) is 0 Å². The van der Waals surface area contributed by atoms with Crippen molar-refractivity contribution in [2.24, 2.45) is 11.3 Å². The van der Waals surface area contributed by atoms with Gasteiger partial charge in [-0.15, -0.1) is 5.73 Å². The van der Waals surface area contributed by atoms with Crippen molar-refractivity contribution in [3.63, 3.8) is 0 Å². The third-order valence-electron chi connectivity index (χ3n) is 2.31. The highest BCUT2D eigenvalue weighted by Crippen LogP contribution is 2.32. The van der Waals surface area contributed by atoms with E-state index in [1.165, 1.54) is 6.42 Å². The smallest absolute Gasteiger partial charge is 0.00704 e. The third-order valence-corrected chi connectivity index (χ3v) is 2.31. The summed E-state index contributed by atoms with van der Waals surface area (Å²) in [4.78, 5) is 0. The molecule has 0 N–H and O–H groups in total. The lowest BCUT2D eigenvalue weighted by Crippen LogP contribution is -2.19. The Morgan fingerprint density at radius 3 is 2.56 bits per heavy atom. The van der Waals surface area contributed by atoms with E-state index in [0.29, 0.717) is 5.41 Å². The van der Waals surface area contributed by atoms with Gasteiger partial charge in [0, 0.05) is 0 Å². The first-order valence-corrected chi connectivity index (χ1v) is 3.55. The Labute approximate surface area is 57.3 Å². The summed E-state index contributed by atoms with van der Waals surface area (Å²) < 4.78 is 0. The summed E-state index contributed by atoms with van der Waals surface area (Å²) in [6.07, 6.45) is 5.47. The number of hydrogen-bond acceptors (Lipinski definition) is 0. The highest BCUT2D eigenvalue weighted by molar-refractivity contribution is 5.03. The molecular formula is C9H14. The average Bonchev–Trinajstić information content (AvgIpc) is 1.77. The largest absolute Gasteiger partial charge is 0.129 e. The SMILES string of the molecule is CC1CC=C=CC1(C)C. The van der Waals surface area contributed by atoms with Crippen LogP contribution in [0.15, 0.2) is 17.9 Å². The Bertz CT molecular complexity index is 157. The standard InChI is InChI=1S/C9H14/c1-8-6-4-5-7-9(8,2)3/h4,7-8H,6H2,1-3H3. The minimum atomic E-state index is 0.370. The molecule has 1 unspecified atom stereocenters. The summed E-state index contributed by atoms with van der Waals surface area (Å²) in [7, 11) is 0. The second kappa shape index (κ2) is 2.04. The van der Waals surface area contributed by atoms with Gasteiger partial charge in [-0.1, -0.05) is 20.8 Å². The summed E-state index contributed by atoms with van der Waals surface area (Å²) in [5.74, 6) is 0.777. The molecule has 0 amide bonds. The number of hydrogen-bond donors (Lipinski definition) is 0. The monoisotopic (exact) mass is 122 g/mol. The molecule has 0 nitrogen and oxygen atoms in total. The fourth-order valence-electron chi connectivity index (χ4n) is 0.965. The molecule has 0 heteroatoms. The topological polar surface area (TPSA) is 0 Å². The molecule has 0 saturated heterocycles. The third kappa shape index (κ3) is 1.25. The quantitative estimate of drug-likeness (QED) is 0.433. The van der Waals surface area contributed by atoms with E-state index in [2.05, 4.69) is 38.7 Å². The zero-order chi connectivity index (χ0) is 6.91. The molecule has 0 aromatic carbocycles. The van der Waals surface area contributed by atoms with Crippen LogP contribution in [-0.2, 0) is 0 Å². The predicted molar refractivity (Wildman–Crippen MR) is 40.2 cm³/mol. The van der Waals surface area contributed by atoms with Gasteiger partial charge in [0.1, 0.15) is 0 Å². The first-order chi connectivity index (χ1) is 4.13. The molecule has 0 saturated carbocycles. The first-order valence-electron chi connectivity index (χ1n) is 3.55. The summed E-state index contributed by atoms with van der Waals surface area (Å²) in [6, 6.07) is 0. The first kappa shape index (κ1) is 6.64. The Hall–Kier alpha value is -0.480. The molecule has 9 heavy (non-hydrogen) atoms. The van der Waals surface area contributed by atoms with Crippen LogP contribution in [0.5, 0.6) is 0 Å². The minimum absolute atomic E-state index is 0.370. The van der Waals surface area contributed by atoms with E-state index < -0.39 is 0 Å². The van der Waals surface area contributed by atoms with Gasteiger partial charge in [-0.25, -0.2) is 0 Å². The molecule has 1 aliphatic rings. The van der Waals surface area contributed by atoms with Crippen molar-refractivity contribution in [2.75, 3.05) is 0 Å². The van der Waals surface area contributed by atoms with E-state index in [4.69, 9.17) is 0 Å². The summed E-state index contributed by atoms with van der Waals surface area (Å²) in [5.41, 5.74) is 3.53. The molecule has 0 bridgehead atoms. The van der Waals surface area contributed by atoms with Crippen molar-refractivity contribution in [3.8, 4) is 0 Å². The Balaban J connectivity index is 2.82. The van der Waals surface area contributed by atoms with Crippen LogP contribution in [0.1, 0.15) is 27.2 Å². The number of allylic oxidation sites excluding steroid dienone is 1. The Kier molecular flexibility index (Phi) is 1.50. The average molecular weight is 122 g/mol. The molecule has 0 radical (unpaired) electrons. The van der Waals surface area contributed by atoms with Gasteiger partial charge in [-0.05, 0) is 29.9 Å². The molecule has 0 aliphatic heterocycles. The van der Waals surface area contributed by atoms with Gasteiger partial charge in [0.2, 0.25) is 0 Å². The van der Waals surface area contributed by atoms with Crippen molar-refractivity contribution in [2.45, 2.75) is 27.2 Å². The zero-order valence-corrected chi connectivity index (χ0v) is 6.44. The minimum Gasteiger partial charge on any atom is -0.129 e. The van der Waals surface area contributed by atoms with Crippen LogP contribution in [0.25, 0.3) is 0 Å². The van der Waals surface area contributed by atoms with Crippen molar-refractivity contribution >= 4 is 0 Å². The van der Waals surface area contributed by atoms with E-state index in [1.54, 1.807) is 0 Å². The summed E-state index contributed by atoms with van der Waals surface area (Å²) >= 11 is 0. The molecule has 0 fully saturated rings. The van der Waals surface area contributed by atoms with E-state index in [9.17, 15) is 0 Å². The van der Waals surface area contributed by atoms with Crippen LogP contribution in [0, 0.1) is 11.3 Å². The lowest BCUT2D eigenvalue weighted by atomic mass is 9.76.